The van der Waals surface area contributed by atoms with Gasteiger partial charge in [-0.2, -0.15) is 0 Å². The average molecular weight is 255 g/mol. The summed E-state index contributed by atoms with van der Waals surface area (Å²) in [5.74, 6) is 1.30. The predicted molar refractivity (Wildman–Crippen MR) is 74.2 cm³/mol. The molecule has 1 fully saturated rings. The molecule has 0 bridgehead atoms. The highest BCUT2D eigenvalue weighted by atomic mass is 16.3. The van der Waals surface area contributed by atoms with Crippen LogP contribution in [-0.2, 0) is 4.79 Å². The van der Waals surface area contributed by atoms with E-state index in [9.17, 15) is 9.90 Å². The van der Waals surface area contributed by atoms with E-state index in [4.69, 9.17) is 0 Å². The zero-order valence-electron chi connectivity index (χ0n) is 12.4. The number of hydrogen-bond donors (Lipinski definition) is 1. The Hall–Kier alpha value is -0.570. The lowest BCUT2D eigenvalue weighted by Gasteiger charge is -2.40. The molecule has 1 aliphatic rings. The molecule has 0 aromatic rings. The molecule has 3 nitrogen and oxygen atoms in total. The Morgan fingerprint density at radius 3 is 2.22 bits per heavy atom. The van der Waals surface area contributed by atoms with Gasteiger partial charge in [-0.15, -0.1) is 0 Å². The number of nitrogens with zero attached hydrogens (tertiary/aromatic N) is 1. The largest absolute Gasteiger partial charge is 0.396 e. The van der Waals surface area contributed by atoms with Gasteiger partial charge in [-0.25, -0.2) is 0 Å². The summed E-state index contributed by atoms with van der Waals surface area (Å²) in [4.78, 5) is 14.2. The zero-order valence-corrected chi connectivity index (χ0v) is 12.4. The number of piperidine rings is 1. The van der Waals surface area contributed by atoms with Crippen LogP contribution in [0.5, 0.6) is 0 Å². The van der Waals surface area contributed by atoms with Gasteiger partial charge in [0.2, 0.25) is 5.91 Å². The van der Waals surface area contributed by atoms with Crippen LogP contribution in [-0.4, -0.2) is 35.6 Å². The number of rotatable bonds is 5. The van der Waals surface area contributed by atoms with Crippen molar-refractivity contribution in [2.45, 2.75) is 53.4 Å². The molecule has 3 heteroatoms. The van der Waals surface area contributed by atoms with Gasteiger partial charge < -0.3 is 10.0 Å². The van der Waals surface area contributed by atoms with E-state index in [0.29, 0.717) is 24.2 Å². The summed E-state index contributed by atoms with van der Waals surface area (Å²) >= 11 is 0. The van der Waals surface area contributed by atoms with Crippen molar-refractivity contribution in [3.8, 4) is 0 Å². The van der Waals surface area contributed by atoms with E-state index < -0.39 is 0 Å². The van der Waals surface area contributed by atoms with Crippen LogP contribution >= 0.6 is 0 Å². The van der Waals surface area contributed by atoms with Crippen LogP contribution in [0.15, 0.2) is 0 Å². The minimum Gasteiger partial charge on any atom is -0.396 e. The van der Waals surface area contributed by atoms with Gasteiger partial charge in [0.15, 0.2) is 0 Å². The van der Waals surface area contributed by atoms with Crippen LogP contribution in [0, 0.1) is 17.3 Å². The molecular formula is C15H29NO2. The second kappa shape index (κ2) is 6.55. The molecule has 1 heterocycles. The third-order valence-electron chi connectivity index (χ3n) is 4.90. The number of amides is 1. The normalized spacial score (nSPS) is 21.1. The highest BCUT2D eigenvalue weighted by Crippen LogP contribution is 2.34. The second-order valence-electron chi connectivity index (χ2n) is 6.32. The van der Waals surface area contributed by atoms with Crippen LogP contribution in [0.3, 0.4) is 0 Å². The van der Waals surface area contributed by atoms with Crippen molar-refractivity contribution >= 4 is 5.91 Å². The fourth-order valence-corrected chi connectivity index (χ4v) is 2.49. The van der Waals surface area contributed by atoms with Gasteiger partial charge in [-0.1, -0.05) is 27.7 Å². The fraction of sp³-hybridized carbons (Fsp3) is 0.933. The first-order valence-electron chi connectivity index (χ1n) is 7.32. The topological polar surface area (TPSA) is 40.5 Å². The molecular weight excluding hydrogens is 226 g/mol. The Bertz CT molecular complexity index is 262. The summed E-state index contributed by atoms with van der Waals surface area (Å²) < 4.78 is 0. The van der Waals surface area contributed by atoms with Crippen molar-refractivity contribution in [2.24, 2.45) is 17.3 Å². The van der Waals surface area contributed by atoms with Gasteiger partial charge in [0.1, 0.15) is 0 Å². The second-order valence-corrected chi connectivity index (χ2v) is 6.32. The molecule has 0 radical (unpaired) electrons. The monoisotopic (exact) mass is 255 g/mol. The molecule has 1 N–H and O–H groups in total. The van der Waals surface area contributed by atoms with Crippen LogP contribution in [0.25, 0.3) is 0 Å². The van der Waals surface area contributed by atoms with Crippen LogP contribution in [0.1, 0.15) is 53.4 Å². The summed E-state index contributed by atoms with van der Waals surface area (Å²) in [6.45, 7) is 10.5. The highest BCUT2D eigenvalue weighted by molar-refractivity contribution is 5.76. The molecule has 0 aromatic heterocycles. The first kappa shape index (κ1) is 15.5. The number of carbonyl (C=O) groups is 1. The molecule has 0 aliphatic carbocycles. The summed E-state index contributed by atoms with van der Waals surface area (Å²) in [7, 11) is 0. The summed E-state index contributed by atoms with van der Waals surface area (Å²) in [5.41, 5.74) is 0.0699. The lowest BCUT2D eigenvalue weighted by Crippen LogP contribution is -2.44. The standard InChI is InChI=1S/C15H29NO2/c1-5-15(11-17)6-8-16(9-7-15)14(18)10-13(4)12(2)3/h12-13,17H,5-11H2,1-4H3. The molecule has 1 aliphatic heterocycles. The highest BCUT2D eigenvalue weighted by Gasteiger charge is 2.34. The smallest absolute Gasteiger partial charge is 0.222 e. The van der Waals surface area contributed by atoms with Crippen molar-refractivity contribution in [3.05, 3.63) is 0 Å². The SMILES string of the molecule is CCC1(CO)CCN(C(=O)CC(C)C(C)C)CC1. The summed E-state index contributed by atoms with van der Waals surface area (Å²) in [6, 6.07) is 0. The van der Waals surface area contributed by atoms with Crippen LogP contribution in [0.4, 0.5) is 0 Å². The maximum absolute atomic E-state index is 12.2. The summed E-state index contributed by atoms with van der Waals surface area (Å²) in [6.07, 6.45) is 3.56. The molecule has 1 atom stereocenters. The third-order valence-corrected chi connectivity index (χ3v) is 4.90. The molecule has 1 saturated heterocycles. The van der Waals surface area contributed by atoms with Gasteiger partial charge >= 0.3 is 0 Å². The Labute approximate surface area is 112 Å². The number of aliphatic hydroxyl groups is 1. The number of hydrogen-bond acceptors (Lipinski definition) is 2. The maximum atomic E-state index is 12.2. The first-order chi connectivity index (χ1) is 8.44. The molecule has 106 valence electrons. The molecule has 0 aromatic carbocycles. The van der Waals surface area contributed by atoms with E-state index in [1.165, 1.54) is 0 Å². The van der Waals surface area contributed by atoms with E-state index in [-0.39, 0.29) is 12.0 Å². The minimum atomic E-state index is 0.0699. The average Bonchev–Trinajstić information content (AvgIpc) is 2.38. The van der Waals surface area contributed by atoms with Gasteiger partial charge in [0.05, 0.1) is 0 Å². The molecule has 1 unspecified atom stereocenters. The lowest BCUT2D eigenvalue weighted by atomic mass is 9.77. The van der Waals surface area contributed by atoms with Crippen molar-refractivity contribution in [3.63, 3.8) is 0 Å². The Morgan fingerprint density at radius 1 is 1.28 bits per heavy atom. The molecule has 0 saturated carbocycles. The van der Waals surface area contributed by atoms with E-state index in [1.807, 2.05) is 4.90 Å². The molecule has 1 amide bonds. The predicted octanol–water partition coefficient (Wildman–Crippen LogP) is 2.68. The zero-order chi connectivity index (χ0) is 13.8. The first-order valence-corrected chi connectivity index (χ1v) is 7.32. The van der Waals surface area contributed by atoms with Crippen LogP contribution < -0.4 is 0 Å². The van der Waals surface area contributed by atoms with Gasteiger partial charge in [0.25, 0.3) is 0 Å². The number of carbonyl (C=O) groups excluding carboxylic acids is 1. The number of likely N-dealkylation sites (tertiary alicyclic amines) is 1. The van der Waals surface area contributed by atoms with E-state index in [0.717, 1.165) is 32.4 Å². The van der Waals surface area contributed by atoms with Crippen molar-refractivity contribution < 1.29 is 9.90 Å². The third kappa shape index (κ3) is 3.71. The van der Waals surface area contributed by atoms with Gasteiger partial charge in [-0.05, 0) is 36.5 Å². The number of aliphatic hydroxyl groups excluding tert-OH is 1. The van der Waals surface area contributed by atoms with Crippen molar-refractivity contribution in [1.82, 2.24) is 4.90 Å². The fourth-order valence-electron chi connectivity index (χ4n) is 2.49. The Morgan fingerprint density at radius 2 is 1.83 bits per heavy atom. The Kier molecular flexibility index (Phi) is 5.64. The molecule has 0 spiro atoms. The van der Waals surface area contributed by atoms with E-state index in [1.54, 1.807) is 0 Å². The lowest BCUT2D eigenvalue weighted by molar-refractivity contribution is -0.135. The molecule has 1 rings (SSSR count). The van der Waals surface area contributed by atoms with Crippen molar-refractivity contribution in [1.29, 1.82) is 0 Å². The van der Waals surface area contributed by atoms with Gasteiger partial charge in [0, 0.05) is 26.1 Å². The minimum absolute atomic E-state index is 0.0699. The maximum Gasteiger partial charge on any atom is 0.222 e. The summed E-state index contributed by atoms with van der Waals surface area (Å²) in [5, 5.41) is 9.48. The van der Waals surface area contributed by atoms with Crippen molar-refractivity contribution in [2.75, 3.05) is 19.7 Å². The van der Waals surface area contributed by atoms with E-state index >= 15 is 0 Å². The molecule has 18 heavy (non-hydrogen) atoms. The van der Waals surface area contributed by atoms with Gasteiger partial charge in [-0.3, -0.25) is 4.79 Å². The van der Waals surface area contributed by atoms with Crippen LogP contribution in [0.2, 0.25) is 0 Å². The van der Waals surface area contributed by atoms with E-state index in [2.05, 4.69) is 27.7 Å². The quantitative estimate of drug-likeness (QED) is 0.820. The Balaban J connectivity index is 2.45.